The van der Waals surface area contributed by atoms with Crippen LogP contribution in [0.25, 0.3) is 0 Å². The molecular weight excluding hydrogens is 203 g/mol. The molecule has 0 saturated heterocycles. The molecule has 0 aliphatic heterocycles. The molecule has 16 heavy (non-hydrogen) atoms. The molecule has 0 amide bonds. The molecule has 0 aliphatic carbocycles. The molecule has 2 nitrogen and oxygen atoms in total. The van der Waals surface area contributed by atoms with Crippen molar-refractivity contribution in [3.63, 3.8) is 0 Å². The van der Waals surface area contributed by atoms with E-state index in [9.17, 15) is 4.39 Å². The lowest BCUT2D eigenvalue weighted by Crippen LogP contribution is -2.05. The number of aryl methyl sites for hydroxylation is 3. The van der Waals surface area contributed by atoms with E-state index in [0.29, 0.717) is 6.54 Å². The van der Waals surface area contributed by atoms with Gasteiger partial charge in [0.2, 0.25) is 0 Å². The number of hydrogen-bond donors (Lipinski definition) is 0. The van der Waals surface area contributed by atoms with Gasteiger partial charge in [0.05, 0.1) is 12.2 Å². The highest BCUT2D eigenvalue weighted by Crippen LogP contribution is 2.13. The Morgan fingerprint density at radius 1 is 1.19 bits per heavy atom. The van der Waals surface area contributed by atoms with Gasteiger partial charge in [0.25, 0.3) is 0 Å². The minimum absolute atomic E-state index is 0.186. The van der Waals surface area contributed by atoms with E-state index in [0.717, 1.165) is 22.5 Å². The lowest BCUT2D eigenvalue weighted by molar-refractivity contribution is 0.620. The van der Waals surface area contributed by atoms with E-state index in [2.05, 4.69) is 5.10 Å². The Morgan fingerprint density at radius 2 is 1.94 bits per heavy atom. The highest BCUT2D eigenvalue weighted by molar-refractivity contribution is 5.27. The van der Waals surface area contributed by atoms with Crippen molar-refractivity contribution in [3.8, 4) is 0 Å². The summed E-state index contributed by atoms with van der Waals surface area (Å²) < 4.78 is 14.9. The molecule has 0 unspecified atom stereocenters. The van der Waals surface area contributed by atoms with Crippen molar-refractivity contribution in [2.45, 2.75) is 27.3 Å². The Hall–Kier alpha value is -1.64. The van der Waals surface area contributed by atoms with Crippen LogP contribution >= 0.6 is 0 Å². The zero-order chi connectivity index (χ0) is 11.7. The highest BCUT2D eigenvalue weighted by Gasteiger charge is 2.04. The van der Waals surface area contributed by atoms with Crippen molar-refractivity contribution in [1.82, 2.24) is 9.78 Å². The molecule has 84 valence electrons. The summed E-state index contributed by atoms with van der Waals surface area (Å²) in [6.45, 7) is 6.62. The molecule has 1 aromatic heterocycles. The van der Waals surface area contributed by atoms with Crippen molar-refractivity contribution in [1.29, 1.82) is 0 Å². The van der Waals surface area contributed by atoms with Crippen LogP contribution < -0.4 is 0 Å². The molecule has 0 fully saturated rings. The van der Waals surface area contributed by atoms with Crippen LogP contribution in [0.4, 0.5) is 4.39 Å². The van der Waals surface area contributed by atoms with Gasteiger partial charge in [0.1, 0.15) is 5.82 Å². The summed E-state index contributed by atoms with van der Waals surface area (Å²) in [5.41, 5.74) is 4.21. The third-order valence-corrected chi connectivity index (χ3v) is 2.73. The molecule has 0 aliphatic rings. The first kappa shape index (κ1) is 10.9. The number of benzene rings is 1. The quantitative estimate of drug-likeness (QED) is 0.757. The van der Waals surface area contributed by atoms with Crippen LogP contribution in [-0.2, 0) is 6.54 Å². The first-order chi connectivity index (χ1) is 7.56. The minimum Gasteiger partial charge on any atom is -0.265 e. The fourth-order valence-corrected chi connectivity index (χ4v) is 1.83. The molecule has 1 aromatic carbocycles. The molecule has 2 rings (SSSR count). The number of hydrogen-bond acceptors (Lipinski definition) is 1. The second kappa shape index (κ2) is 4.08. The van der Waals surface area contributed by atoms with Crippen LogP contribution in [-0.4, -0.2) is 9.78 Å². The van der Waals surface area contributed by atoms with Gasteiger partial charge in [-0.1, -0.05) is 6.07 Å². The molecule has 0 spiro atoms. The Morgan fingerprint density at radius 3 is 2.50 bits per heavy atom. The second-order valence-corrected chi connectivity index (χ2v) is 4.16. The lowest BCUT2D eigenvalue weighted by Gasteiger charge is -2.07. The molecule has 0 radical (unpaired) electrons. The first-order valence-electron chi connectivity index (χ1n) is 5.32. The standard InChI is InChI=1S/C13H15FN2/c1-9-6-13(14)5-4-12(9)8-16-11(3)7-10(2)15-16/h4-7H,8H2,1-3H3. The van der Waals surface area contributed by atoms with Crippen molar-refractivity contribution in [2.24, 2.45) is 0 Å². The minimum atomic E-state index is -0.186. The van der Waals surface area contributed by atoms with Gasteiger partial charge in [-0.2, -0.15) is 5.10 Å². The van der Waals surface area contributed by atoms with Gasteiger partial charge < -0.3 is 0 Å². The van der Waals surface area contributed by atoms with Gasteiger partial charge in [-0.25, -0.2) is 4.39 Å². The third-order valence-electron chi connectivity index (χ3n) is 2.73. The summed E-state index contributed by atoms with van der Waals surface area (Å²) in [5, 5.41) is 4.39. The van der Waals surface area contributed by atoms with Crippen molar-refractivity contribution in [2.75, 3.05) is 0 Å². The Balaban J connectivity index is 2.30. The second-order valence-electron chi connectivity index (χ2n) is 4.16. The molecule has 1 heterocycles. The number of rotatable bonds is 2. The van der Waals surface area contributed by atoms with Gasteiger partial charge in [-0.05, 0) is 50.1 Å². The molecule has 0 atom stereocenters. The van der Waals surface area contributed by atoms with Crippen LogP contribution in [0.3, 0.4) is 0 Å². The van der Waals surface area contributed by atoms with Crippen LogP contribution in [0.2, 0.25) is 0 Å². The Bertz CT molecular complexity index is 515. The van der Waals surface area contributed by atoms with E-state index in [4.69, 9.17) is 0 Å². The largest absolute Gasteiger partial charge is 0.265 e. The van der Waals surface area contributed by atoms with Crippen molar-refractivity contribution < 1.29 is 4.39 Å². The van der Waals surface area contributed by atoms with E-state index in [1.165, 1.54) is 6.07 Å². The lowest BCUT2D eigenvalue weighted by atomic mass is 10.1. The smallest absolute Gasteiger partial charge is 0.123 e. The van der Waals surface area contributed by atoms with Gasteiger partial charge in [0, 0.05) is 5.69 Å². The topological polar surface area (TPSA) is 17.8 Å². The van der Waals surface area contributed by atoms with Gasteiger partial charge in [-0.3, -0.25) is 4.68 Å². The maximum absolute atomic E-state index is 12.9. The normalized spacial score (nSPS) is 10.8. The fraction of sp³-hybridized carbons (Fsp3) is 0.308. The summed E-state index contributed by atoms with van der Waals surface area (Å²) in [4.78, 5) is 0. The number of nitrogens with zero attached hydrogens (tertiary/aromatic N) is 2. The zero-order valence-electron chi connectivity index (χ0n) is 9.79. The van der Waals surface area contributed by atoms with Crippen LogP contribution in [0.15, 0.2) is 24.3 Å². The van der Waals surface area contributed by atoms with Gasteiger partial charge in [0.15, 0.2) is 0 Å². The van der Waals surface area contributed by atoms with Crippen LogP contribution in [0, 0.1) is 26.6 Å². The fourth-order valence-electron chi connectivity index (χ4n) is 1.83. The molecular formula is C13H15FN2. The summed E-state index contributed by atoms with van der Waals surface area (Å²) in [6.07, 6.45) is 0. The molecule has 0 bridgehead atoms. The summed E-state index contributed by atoms with van der Waals surface area (Å²) in [6, 6.07) is 6.91. The summed E-state index contributed by atoms with van der Waals surface area (Å²) >= 11 is 0. The van der Waals surface area contributed by atoms with Crippen LogP contribution in [0.5, 0.6) is 0 Å². The van der Waals surface area contributed by atoms with Crippen LogP contribution in [0.1, 0.15) is 22.5 Å². The van der Waals surface area contributed by atoms with E-state index in [1.807, 2.05) is 37.6 Å². The van der Waals surface area contributed by atoms with E-state index in [-0.39, 0.29) is 5.82 Å². The third kappa shape index (κ3) is 2.13. The number of halogens is 1. The summed E-state index contributed by atoms with van der Waals surface area (Å²) in [5.74, 6) is -0.186. The maximum atomic E-state index is 12.9. The Kier molecular flexibility index (Phi) is 2.77. The monoisotopic (exact) mass is 218 g/mol. The molecule has 2 aromatic rings. The van der Waals surface area contributed by atoms with Gasteiger partial charge >= 0.3 is 0 Å². The van der Waals surface area contributed by atoms with E-state index < -0.39 is 0 Å². The Labute approximate surface area is 94.7 Å². The molecule has 3 heteroatoms. The van der Waals surface area contributed by atoms with Crippen molar-refractivity contribution in [3.05, 3.63) is 52.6 Å². The average molecular weight is 218 g/mol. The first-order valence-corrected chi connectivity index (χ1v) is 5.32. The van der Waals surface area contributed by atoms with Gasteiger partial charge in [-0.15, -0.1) is 0 Å². The van der Waals surface area contributed by atoms with E-state index >= 15 is 0 Å². The summed E-state index contributed by atoms with van der Waals surface area (Å²) in [7, 11) is 0. The highest BCUT2D eigenvalue weighted by atomic mass is 19.1. The van der Waals surface area contributed by atoms with E-state index in [1.54, 1.807) is 6.07 Å². The SMILES string of the molecule is Cc1cc(C)n(Cc2ccc(F)cc2C)n1. The average Bonchev–Trinajstić information content (AvgIpc) is 2.50. The predicted octanol–water partition coefficient (Wildman–Crippen LogP) is 3.00. The number of aromatic nitrogens is 2. The molecule has 0 N–H and O–H groups in total. The van der Waals surface area contributed by atoms with Crippen molar-refractivity contribution >= 4 is 0 Å². The maximum Gasteiger partial charge on any atom is 0.123 e. The molecule has 0 saturated carbocycles. The predicted molar refractivity (Wildman–Crippen MR) is 61.9 cm³/mol. The zero-order valence-corrected chi connectivity index (χ0v) is 9.79.